The highest BCUT2D eigenvalue weighted by Gasteiger charge is 2.21. The van der Waals surface area contributed by atoms with Crippen LogP contribution >= 0.6 is 0 Å². The molecule has 2 N–H and O–H groups in total. The third kappa shape index (κ3) is 5.85. The SMILES string of the molecule is O=C(CCCOCc1ccccc1)N[C@@H](C(=O)O)c1ccccc1. The van der Waals surface area contributed by atoms with Crippen molar-refractivity contribution in [3.8, 4) is 0 Å². The second kappa shape index (κ2) is 9.47. The second-order valence-electron chi connectivity index (χ2n) is 5.39. The summed E-state index contributed by atoms with van der Waals surface area (Å²) < 4.78 is 5.51. The topological polar surface area (TPSA) is 75.6 Å². The molecule has 1 atom stereocenters. The maximum atomic E-state index is 11.9. The van der Waals surface area contributed by atoms with Gasteiger partial charge in [0, 0.05) is 13.0 Å². The van der Waals surface area contributed by atoms with E-state index >= 15 is 0 Å². The fraction of sp³-hybridized carbons (Fsp3) is 0.263. The Hall–Kier alpha value is -2.66. The van der Waals surface area contributed by atoms with Crippen molar-refractivity contribution in [1.29, 1.82) is 0 Å². The predicted molar refractivity (Wildman–Crippen MR) is 90.3 cm³/mol. The summed E-state index contributed by atoms with van der Waals surface area (Å²) in [5, 5.41) is 11.8. The molecule has 0 heterocycles. The number of carboxylic acid groups (broad SMARTS) is 1. The molecule has 1 amide bonds. The Morgan fingerprint density at radius 2 is 1.62 bits per heavy atom. The monoisotopic (exact) mass is 327 g/mol. The Morgan fingerprint density at radius 3 is 2.25 bits per heavy atom. The molecule has 0 saturated heterocycles. The van der Waals surface area contributed by atoms with Crippen molar-refractivity contribution in [3.63, 3.8) is 0 Å². The smallest absolute Gasteiger partial charge is 0.330 e. The van der Waals surface area contributed by atoms with Crippen molar-refractivity contribution in [2.45, 2.75) is 25.5 Å². The molecule has 24 heavy (non-hydrogen) atoms. The molecule has 126 valence electrons. The molecule has 2 aromatic carbocycles. The zero-order valence-corrected chi connectivity index (χ0v) is 13.4. The normalized spacial score (nSPS) is 11.7. The minimum Gasteiger partial charge on any atom is -0.479 e. The molecule has 0 aliphatic carbocycles. The van der Waals surface area contributed by atoms with Gasteiger partial charge in [-0.05, 0) is 17.5 Å². The van der Waals surface area contributed by atoms with Crippen LogP contribution in [0.25, 0.3) is 0 Å². The van der Waals surface area contributed by atoms with Gasteiger partial charge < -0.3 is 15.2 Å². The summed E-state index contributed by atoms with van der Waals surface area (Å²) in [5.74, 6) is -1.37. The van der Waals surface area contributed by atoms with E-state index in [1.165, 1.54) is 0 Å². The van der Waals surface area contributed by atoms with Crippen LogP contribution in [0.4, 0.5) is 0 Å². The summed E-state index contributed by atoms with van der Waals surface area (Å²) in [7, 11) is 0. The number of nitrogens with one attached hydrogen (secondary N) is 1. The summed E-state index contributed by atoms with van der Waals surface area (Å²) >= 11 is 0. The van der Waals surface area contributed by atoms with E-state index in [2.05, 4.69) is 5.32 Å². The highest BCUT2D eigenvalue weighted by Crippen LogP contribution is 2.13. The van der Waals surface area contributed by atoms with Crippen LogP contribution in [0.3, 0.4) is 0 Å². The van der Waals surface area contributed by atoms with Crippen molar-refractivity contribution < 1.29 is 19.4 Å². The predicted octanol–water partition coefficient (Wildman–Crippen LogP) is 2.93. The molecule has 0 aromatic heterocycles. The van der Waals surface area contributed by atoms with Gasteiger partial charge in [0.1, 0.15) is 0 Å². The second-order valence-corrected chi connectivity index (χ2v) is 5.39. The van der Waals surface area contributed by atoms with Gasteiger partial charge in [-0.15, -0.1) is 0 Å². The van der Waals surface area contributed by atoms with Crippen molar-refractivity contribution in [2.24, 2.45) is 0 Å². The molecule has 2 rings (SSSR count). The Kier molecular flexibility index (Phi) is 6.98. The van der Waals surface area contributed by atoms with Crippen molar-refractivity contribution in [3.05, 3.63) is 71.8 Å². The van der Waals surface area contributed by atoms with E-state index in [0.29, 0.717) is 25.2 Å². The first-order chi connectivity index (χ1) is 11.7. The molecule has 5 heteroatoms. The summed E-state index contributed by atoms with van der Waals surface area (Å²) in [5.41, 5.74) is 1.63. The van der Waals surface area contributed by atoms with Crippen molar-refractivity contribution in [1.82, 2.24) is 5.32 Å². The van der Waals surface area contributed by atoms with Crippen LogP contribution < -0.4 is 5.32 Å². The van der Waals surface area contributed by atoms with Crippen LogP contribution in [0.15, 0.2) is 60.7 Å². The van der Waals surface area contributed by atoms with Crippen LogP contribution in [0.2, 0.25) is 0 Å². The van der Waals surface area contributed by atoms with E-state index in [1.807, 2.05) is 30.3 Å². The molecule has 0 saturated carbocycles. The van der Waals surface area contributed by atoms with E-state index in [-0.39, 0.29) is 12.3 Å². The first-order valence-corrected chi connectivity index (χ1v) is 7.85. The molecule has 0 bridgehead atoms. The van der Waals surface area contributed by atoms with Gasteiger partial charge in [-0.2, -0.15) is 0 Å². The molecule has 5 nitrogen and oxygen atoms in total. The number of amides is 1. The fourth-order valence-corrected chi connectivity index (χ4v) is 2.27. The van der Waals surface area contributed by atoms with E-state index < -0.39 is 12.0 Å². The Bertz CT molecular complexity index is 643. The third-order valence-electron chi connectivity index (χ3n) is 3.49. The van der Waals surface area contributed by atoms with E-state index in [9.17, 15) is 14.7 Å². The minimum absolute atomic E-state index is 0.228. The lowest BCUT2D eigenvalue weighted by molar-refractivity contribution is -0.142. The summed E-state index contributed by atoms with van der Waals surface area (Å²) in [4.78, 5) is 23.3. The largest absolute Gasteiger partial charge is 0.479 e. The average Bonchev–Trinajstić information content (AvgIpc) is 2.61. The minimum atomic E-state index is -1.07. The van der Waals surface area contributed by atoms with Crippen molar-refractivity contribution >= 4 is 11.9 Å². The van der Waals surface area contributed by atoms with E-state index in [0.717, 1.165) is 5.56 Å². The number of carbonyl (C=O) groups is 2. The Morgan fingerprint density at radius 1 is 1.00 bits per heavy atom. The average molecular weight is 327 g/mol. The number of aliphatic carboxylic acids is 1. The number of rotatable bonds is 9. The van der Waals surface area contributed by atoms with Crippen LogP contribution in [0.1, 0.15) is 30.0 Å². The highest BCUT2D eigenvalue weighted by atomic mass is 16.5. The number of hydrogen-bond acceptors (Lipinski definition) is 3. The molecule has 2 aromatic rings. The molecule has 0 aliphatic heterocycles. The first kappa shape index (κ1) is 17.7. The molecular formula is C19H21NO4. The van der Waals surface area contributed by atoms with Gasteiger partial charge in [-0.25, -0.2) is 4.79 Å². The van der Waals surface area contributed by atoms with Gasteiger partial charge >= 0.3 is 5.97 Å². The number of benzene rings is 2. The lowest BCUT2D eigenvalue weighted by Gasteiger charge is -2.14. The molecular weight excluding hydrogens is 306 g/mol. The number of hydrogen-bond donors (Lipinski definition) is 2. The van der Waals surface area contributed by atoms with Crippen LogP contribution in [-0.4, -0.2) is 23.6 Å². The van der Waals surface area contributed by atoms with E-state index in [4.69, 9.17) is 4.74 Å². The van der Waals surface area contributed by atoms with Crippen LogP contribution in [0, 0.1) is 0 Å². The molecule has 0 radical (unpaired) electrons. The summed E-state index contributed by atoms with van der Waals surface area (Å²) in [6.07, 6.45) is 0.769. The van der Waals surface area contributed by atoms with Gasteiger partial charge in [0.2, 0.25) is 5.91 Å². The fourth-order valence-electron chi connectivity index (χ4n) is 2.27. The maximum absolute atomic E-state index is 11.9. The molecule has 0 spiro atoms. The first-order valence-electron chi connectivity index (χ1n) is 7.85. The number of ether oxygens (including phenoxy) is 1. The molecule has 0 unspecified atom stereocenters. The van der Waals surface area contributed by atoms with Gasteiger partial charge in [0.25, 0.3) is 0 Å². The highest BCUT2D eigenvalue weighted by molar-refractivity contribution is 5.84. The standard InChI is InChI=1S/C19H21NO4/c21-17(12-7-13-24-14-15-8-3-1-4-9-15)20-18(19(22)23)16-10-5-2-6-11-16/h1-6,8-11,18H,7,12-14H2,(H,20,21)(H,22,23)/t18-/m1/s1. The quantitative estimate of drug-likeness (QED) is 0.694. The third-order valence-corrected chi connectivity index (χ3v) is 3.49. The Balaban J connectivity index is 1.71. The zero-order valence-electron chi connectivity index (χ0n) is 13.4. The van der Waals surface area contributed by atoms with Gasteiger partial charge in [-0.3, -0.25) is 4.79 Å². The zero-order chi connectivity index (χ0) is 17.2. The van der Waals surface area contributed by atoms with Gasteiger partial charge in [-0.1, -0.05) is 60.7 Å². The van der Waals surface area contributed by atoms with Crippen LogP contribution in [0.5, 0.6) is 0 Å². The lowest BCUT2D eigenvalue weighted by Crippen LogP contribution is -2.33. The lowest BCUT2D eigenvalue weighted by atomic mass is 10.1. The number of carboxylic acids is 1. The van der Waals surface area contributed by atoms with Crippen LogP contribution in [-0.2, 0) is 20.9 Å². The van der Waals surface area contributed by atoms with Gasteiger partial charge in [0.15, 0.2) is 6.04 Å². The van der Waals surface area contributed by atoms with E-state index in [1.54, 1.807) is 30.3 Å². The molecule has 0 aliphatic rings. The Labute approximate surface area is 141 Å². The summed E-state index contributed by atoms with van der Waals surface area (Å²) in [6, 6.07) is 17.4. The van der Waals surface area contributed by atoms with Gasteiger partial charge in [0.05, 0.1) is 6.61 Å². The maximum Gasteiger partial charge on any atom is 0.330 e. The van der Waals surface area contributed by atoms with Crippen molar-refractivity contribution in [2.75, 3.05) is 6.61 Å². The number of carbonyl (C=O) groups excluding carboxylic acids is 1. The molecule has 0 fully saturated rings. The summed E-state index contributed by atoms with van der Waals surface area (Å²) in [6.45, 7) is 0.954.